The Morgan fingerprint density at radius 1 is 0.757 bits per heavy atom. The number of benzene rings is 3. The average Bonchev–Trinajstić information content (AvgIpc) is 2.85. The van der Waals surface area contributed by atoms with E-state index in [1.54, 1.807) is 12.1 Å². The number of halogens is 1. The maximum atomic E-state index is 12.4. The van der Waals surface area contributed by atoms with Gasteiger partial charge >= 0.3 is 18.0 Å². The molecule has 192 valence electrons. The van der Waals surface area contributed by atoms with Gasteiger partial charge in [-0.3, -0.25) is 4.79 Å². The second kappa shape index (κ2) is 12.4. The van der Waals surface area contributed by atoms with E-state index in [1.807, 2.05) is 0 Å². The lowest BCUT2D eigenvalue weighted by Crippen LogP contribution is -2.43. The summed E-state index contributed by atoms with van der Waals surface area (Å²) in [4.78, 5) is 47.9. The number of rotatable bonds is 10. The van der Waals surface area contributed by atoms with E-state index >= 15 is 0 Å². The van der Waals surface area contributed by atoms with Crippen molar-refractivity contribution in [1.82, 2.24) is 10.6 Å². The predicted octanol–water partition coefficient (Wildman–Crippen LogP) is 3.26. The Kier molecular flexibility index (Phi) is 9.06. The summed E-state index contributed by atoms with van der Waals surface area (Å²) >= 11 is 6.00. The number of hydrogen-bond acceptors (Lipinski definition) is 6. The minimum Gasteiger partial charge on any atom is -0.508 e. The summed E-state index contributed by atoms with van der Waals surface area (Å²) in [6, 6.07) is 15.5. The van der Waals surface area contributed by atoms with E-state index in [2.05, 4.69) is 10.6 Å². The first kappa shape index (κ1) is 27.0. The molecule has 3 rings (SSSR count). The van der Waals surface area contributed by atoms with Crippen LogP contribution in [0.15, 0.2) is 72.8 Å². The van der Waals surface area contributed by atoms with Crippen LogP contribution < -0.4 is 15.4 Å². The van der Waals surface area contributed by atoms with E-state index in [1.165, 1.54) is 60.7 Å². The highest BCUT2D eigenvalue weighted by Crippen LogP contribution is 2.17. The number of nitrogens with one attached hydrogen (secondary N) is 2. The van der Waals surface area contributed by atoms with Crippen molar-refractivity contribution in [3.8, 4) is 11.5 Å². The Bertz CT molecular complexity index is 1280. The smallest absolute Gasteiger partial charge is 0.413 e. The molecule has 0 aliphatic rings. The first-order valence-electron chi connectivity index (χ1n) is 11.0. The number of aromatic hydroxyl groups is 1. The fraction of sp³-hybridized carbons (Fsp3) is 0.154. The van der Waals surface area contributed by atoms with Crippen LogP contribution in [0, 0.1) is 0 Å². The maximum absolute atomic E-state index is 12.4. The third-order valence-corrected chi connectivity index (χ3v) is 5.59. The fourth-order valence-corrected chi connectivity index (χ4v) is 3.58. The zero-order valence-electron chi connectivity index (χ0n) is 19.3. The number of carboxylic acid groups (broad SMARTS) is 2. The van der Waals surface area contributed by atoms with Crippen LogP contribution in [-0.4, -0.2) is 51.3 Å². The zero-order chi connectivity index (χ0) is 26.9. The van der Waals surface area contributed by atoms with Crippen molar-refractivity contribution >= 4 is 35.5 Å². The summed E-state index contributed by atoms with van der Waals surface area (Å²) in [5.74, 6) is -3.01. The monoisotopic (exact) mass is 526 g/mol. The number of carbonyl (C=O) groups is 4. The molecule has 2 atom stereocenters. The molecule has 10 nitrogen and oxygen atoms in total. The third kappa shape index (κ3) is 7.97. The second-order valence-corrected chi connectivity index (χ2v) is 8.39. The molecule has 0 radical (unpaired) electrons. The summed E-state index contributed by atoms with van der Waals surface area (Å²) in [5.41, 5.74) is 1.27. The summed E-state index contributed by atoms with van der Waals surface area (Å²) in [5, 5.41) is 33.2. The van der Waals surface area contributed by atoms with E-state index < -0.39 is 36.0 Å². The van der Waals surface area contributed by atoms with Crippen molar-refractivity contribution in [3.63, 3.8) is 0 Å². The summed E-state index contributed by atoms with van der Waals surface area (Å²) in [6.07, 6.45) is -1.07. The molecule has 3 aromatic carbocycles. The lowest BCUT2D eigenvalue weighted by molar-refractivity contribution is -0.140. The van der Waals surface area contributed by atoms with Crippen LogP contribution in [-0.2, 0) is 22.4 Å². The first-order valence-corrected chi connectivity index (χ1v) is 11.4. The minimum atomic E-state index is -1.27. The van der Waals surface area contributed by atoms with Crippen molar-refractivity contribution in [2.24, 2.45) is 0 Å². The molecule has 5 N–H and O–H groups in total. The molecule has 0 saturated heterocycles. The molecule has 0 saturated carbocycles. The molecular weight excluding hydrogens is 504 g/mol. The van der Waals surface area contributed by atoms with Gasteiger partial charge in [-0.25, -0.2) is 14.4 Å². The average molecular weight is 527 g/mol. The minimum absolute atomic E-state index is 0.0276. The largest absolute Gasteiger partial charge is 0.508 e. The van der Waals surface area contributed by atoms with Gasteiger partial charge in [-0.2, -0.15) is 0 Å². The van der Waals surface area contributed by atoms with E-state index in [0.29, 0.717) is 11.1 Å². The molecule has 3 aromatic rings. The predicted molar refractivity (Wildman–Crippen MR) is 133 cm³/mol. The number of phenolic OH excluding ortho intramolecular Hbond substituents is 1. The van der Waals surface area contributed by atoms with Crippen molar-refractivity contribution in [2.45, 2.75) is 24.9 Å². The summed E-state index contributed by atoms with van der Waals surface area (Å²) < 4.78 is 5.14. The first-order chi connectivity index (χ1) is 17.6. The third-order valence-electron chi connectivity index (χ3n) is 5.26. The van der Waals surface area contributed by atoms with Gasteiger partial charge in [0.2, 0.25) is 0 Å². The Labute approximate surface area is 216 Å². The normalized spacial score (nSPS) is 12.1. The quantitative estimate of drug-likeness (QED) is 0.269. The van der Waals surface area contributed by atoms with E-state index in [-0.39, 0.29) is 34.9 Å². The molecule has 0 spiro atoms. The van der Waals surface area contributed by atoms with Crippen LogP contribution in [0.25, 0.3) is 0 Å². The van der Waals surface area contributed by atoms with Gasteiger partial charge in [0, 0.05) is 12.8 Å². The van der Waals surface area contributed by atoms with E-state index in [0.717, 1.165) is 0 Å². The lowest BCUT2D eigenvalue weighted by Gasteiger charge is -2.16. The van der Waals surface area contributed by atoms with Crippen LogP contribution in [0.2, 0.25) is 5.02 Å². The van der Waals surface area contributed by atoms with E-state index in [4.69, 9.17) is 16.3 Å². The van der Waals surface area contributed by atoms with Gasteiger partial charge in [0.15, 0.2) is 0 Å². The van der Waals surface area contributed by atoms with Gasteiger partial charge in [-0.1, -0.05) is 48.0 Å². The second-order valence-electron chi connectivity index (χ2n) is 7.99. The molecule has 0 aliphatic carbocycles. The van der Waals surface area contributed by atoms with Gasteiger partial charge in [-0.05, 0) is 47.5 Å². The molecule has 0 unspecified atom stereocenters. The highest BCUT2D eigenvalue weighted by Gasteiger charge is 2.23. The lowest BCUT2D eigenvalue weighted by atomic mass is 10.1. The Morgan fingerprint density at radius 3 is 1.81 bits per heavy atom. The molecule has 0 heterocycles. The molecule has 0 bridgehead atoms. The highest BCUT2D eigenvalue weighted by molar-refractivity contribution is 6.33. The number of hydrogen-bond donors (Lipinski definition) is 5. The molecule has 2 amide bonds. The topological polar surface area (TPSA) is 162 Å². The SMILES string of the molecule is O=C(N[C@@H](Cc1ccc(O)cc1)C(=O)O)Oc1ccc(C[C@H](NC(=O)c2ccccc2Cl)C(=O)O)cc1. The Balaban J connectivity index is 1.58. The number of carbonyl (C=O) groups excluding carboxylic acids is 2. The molecular formula is C26H23ClN2O8. The van der Waals surface area contributed by atoms with Gasteiger partial charge in [0.05, 0.1) is 10.6 Å². The van der Waals surface area contributed by atoms with Crippen molar-refractivity contribution in [1.29, 1.82) is 0 Å². The number of ether oxygens (including phenoxy) is 1. The van der Waals surface area contributed by atoms with Crippen molar-refractivity contribution < 1.29 is 39.2 Å². The van der Waals surface area contributed by atoms with Gasteiger partial charge < -0.3 is 30.7 Å². The molecule has 37 heavy (non-hydrogen) atoms. The van der Waals surface area contributed by atoms with Gasteiger partial charge in [0.1, 0.15) is 23.6 Å². The van der Waals surface area contributed by atoms with Crippen molar-refractivity contribution in [2.75, 3.05) is 0 Å². The fourth-order valence-electron chi connectivity index (χ4n) is 3.36. The van der Waals surface area contributed by atoms with Crippen LogP contribution in [0.1, 0.15) is 21.5 Å². The van der Waals surface area contributed by atoms with Crippen LogP contribution in [0.5, 0.6) is 11.5 Å². The number of carboxylic acids is 2. The molecule has 0 aliphatic heterocycles. The zero-order valence-corrected chi connectivity index (χ0v) is 20.0. The van der Waals surface area contributed by atoms with Crippen LogP contribution in [0.3, 0.4) is 0 Å². The van der Waals surface area contributed by atoms with Crippen LogP contribution >= 0.6 is 11.6 Å². The van der Waals surface area contributed by atoms with Crippen molar-refractivity contribution in [3.05, 3.63) is 94.5 Å². The van der Waals surface area contributed by atoms with Crippen LogP contribution in [0.4, 0.5) is 4.79 Å². The number of phenols is 1. The highest BCUT2D eigenvalue weighted by atomic mass is 35.5. The summed E-state index contributed by atoms with van der Waals surface area (Å²) in [7, 11) is 0. The number of amides is 2. The summed E-state index contributed by atoms with van der Waals surface area (Å²) in [6.45, 7) is 0. The number of aliphatic carboxylic acids is 2. The Hall–Kier alpha value is -4.57. The van der Waals surface area contributed by atoms with E-state index in [9.17, 15) is 34.5 Å². The molecule has 0 fully saturated rings. The van der Waals surface area contributed by atoms with Gasteiger partial charge in [0.25, 0.3) is 5.91 Å². The molecule has 0 aromatic heterocycles. The standard InChI is InChI=1S/C26H23ClN2O8/c27-20-4-2-1-3-19(20)23(31)28-21(24(32)33)13-16-7-11-18(12-8-16)37-26(36)29-22(25(34)35)14-15-5-9-17(30)10-6-15/h1-12,21-22,30H,13-14H2,(H,28,31)(H,29,36)(H,32,33)(H,34,35)/t21-,22-/m0/s1. The maximum Gasteiger partial charge on any atom is 0.413 e. The molecule has 11 heteroatoms. The Morgan fingerprint density at radius 2 is 1.27 bits per heavy atom. The van der Waals surface area contributed by atoms with Gasteiger partial charge in [-0.15, -0.1) is 0 Å².